The second kappa shape index (κ2) is 5.15. The smallest absolute Gasteiger partial charge is 0.329 e. The zero-order valence-corrected chi connectivity index (χ0v) is 11.8. The molecule has 0 bridgehead atoms. The number of nitrogens with zero attached hydrogens (tertiary/aromatic N) is 3. The van der Waals surface area contributed by atoms with Crippen LogP contribution in [-0.4, -0.2) is 33.1 Å². The third-order valence-electron chi connectivity index (χ3n) is 3.89. The molecule has 1 aliphatic heterocycles. The van der Waals surface area contributed by atoms with Crippen LogP contribution in [0.25, 0.3) is 0 Å². The predicted octanol–water partition coefficient (Wildman–Crippen LogP) is 2.43. The Morgan fingerprint density at radius 3 is 2.79 bits per heavy atom. The first-order chi connectivity index (χ1) is 8.95. The van der Waals surface area contributed by atoms with Crippen LogP contribution in [-0.2, 0) is 4.79 Å². The zero-order chi connectivity index (χ0) is 14.0. The van der Waals surface area contributed by atoms with Crippen molar-refractivity contribution in [2.75, 3.05) is 11.4 Å². The van der Waals surface area contributed by atoms with Gasteiger partial charge < -0.3 is 10.0 Å². The molecule has 104 valence electrons. The van der Waals surface area contributed by atoms with Gasteiger partial charge in [-0.3, -0.25) is 0 Å². The molecule has 0 aliphatic carbocycles. The van der Waals surface area contributed by atoms with Crippen LogP contribution in [0.1, 0.15) is 51.6 Å². The first kappa shape index (κ1) is 13.8. The van der Waals surface area contributed by atoms with E-state index in [4.69, 9.17) is 0 Å². The normalized spacial score (nSPS) is 23.7. The molecule has 1 aromatic heterocycles. The molecule has 0 saturated carbocycles. The van der Waals surface area contributed by atoms with Gasteiger partial charge in [-0.15, -0.1) is 0 Å². The van der Waals surface area contributed by atoms with Gasteiger partial charge in [-0.25, -0.2) is 14.8 Å². The molecule has 19 heavy (non-hydrogen) atoms. The molecule has 1 unspecified atom stereocenters. The molecule has 1 aliphatic rings. The van der Waals surface area contributed by atoms with Crippen molar-refractivity contribution in [3.63, 3.8) is 0 Å². The number of aromatic nitrogens is 2. The van der Waals surface area contributed by atoms with E-state index in [1.807, 2.05) is 11.0 Å². The maximum absolute atomic E-state index is 11.6. The first-order valence-corrected chi connectivity index (χ1v) is 6.78. The molecule has 0 amide bonds. The summed E-state index contributed by atoms with van der Waals surface area (Å²) < 4.78 is 0. The van der Waals surface area contributed by atoms with Gasteiger partial charge in [-0.05, 0) is 32.1 Å². The van der Waals surface area contributed by atoms with E-state index in [1.165, 1.54) is 6.33 Å². The van der Waals surface area contributed by atoms with Gasteiger partial charge in [-0.1, -0.05) is 13.8 Å². The van der Waals surface area contributed by atoms with Gasteiger partial charge in [0, 0.05) is 18.3 Å². The number of carboxylic acids is 1. The largest absolute Gasteiger partial charge is 0.480 e. The topological polar surface area (TPSA) is 66.3 Å². The molecular weight excluding hydrogens is 242 g/mol. The first-order valence-electron chi connectivity index (χ1n) is 6.78. The highest BCUT2D eigenvalue weighted by Crippen LogP contribution is 2.32. The lowest BCUT2D eigenvalue weighted by Gasteiger charge is -2.42. The second-order valence-electron chi connectivity index (χ2n) is 5.64. The summed E-state index contributed by atoms with van der Waals surface area (Å²) >= 11 is 0. The Morgan fingerprint density at radius 1 is 1.42 bits per heavy atom. The van der Waals surface area contributed by atoms with E-state index in [0.29, 0.717) is 12.3 Å². The lowest BCUT2D eigenvalue weighted by Crippen LogP contribution is -2.55. The minimum atomic E-state index is -0.860. The SMILES string of the molecule is CC(C)c1cc(N2CCCCC2(C)C(=O)O)ncn1. The Bertz CT molecular complexity index is 476. The molecule has 0 spiro atoms. The van der Waals surface area contributed by atoms with Crippen LogP contribution in [0, 0.1) is 0 Å². The van der Waals surface area contributed by atoms with E-state index in [-0.39, 0.29) is 0 Å². The number of hydrogen-bond donors (Lipinski definition) is 1. The fourth-order valence-electron chi connectivity index (χ4n) is 2.54. The second-order valence-corrected chi connectivity index (χ2v) is 5.64. The number of aliphatic carboxylic acids is 1. The summed E-state index contributed by atoms with van der Waals surface area (Å²) in [7, 11) is 0. The fourth-order valence-corrected chi connectivity index (χ4v) is 2.54. The number of carbonyl (C=O) groups is 1. The third-order valence-corrected chi connectivity index (χ3v) is 3.89. The van der Waals surface area contributed by atoms with Crippen molar-refractivity contribution in [3.8, 4) is 0 Å². The average molecular weight is 263 g/mol. The summed E-state index contributed by atoms with van der Waals surface area (Å²) in [6.07, 6.45) is 4.14. The summed E-state index contributed by atoms with van der Waals surface area (Å²) in [5.41, 5.74) is 0.0872. The van der Waals surface area contributed by atoms with E-state index in [9.17, 15) is 9.90 Å². The highest BCUT2D eigenvalue weighted by atomic mass is 16.4. The highest BCUT2D eigenvalue weighted by molar-refractivity contribution is 5.83. The lowest BCUT2D eigenvalue weighted by molar-refractivity contribution is -0.143. The molecule has 5 nitrogen and oxygen atoms in total. The van der Waals surface area contributed by atoms with Crippen LogP contribution >= 0.6 is 0 Å². The molecule has 1 N–H and O–H groups in total. The van der Waals surface area contributed by atoms with Crippen molar-refractivity contribution >= 4 is 11.8 Å². The summed E-state index contributed by atoms with van der Waals surface area (Å²) in [5, 5.41) is 9.52. The van der Waals surface area contributed by atoms with E-state index in [2.05, 4.69) is 23.8 Å². The zero-order valence-electron chi connectivity index (χ0n) is 11.8. The van der Waals surface area contributed by atoms with Crippen LogP contribution in [0.5, 0.6) is 0 Å². The summed E-state index contributed by atoms with van der Waals surface area (Å²) in [5.74, 6) is 0.253. The van der Waals surface area contributed by atoms with Crippen molar-refractivity contribution in [2.24, 2.45) is 0 Å². The summed E-state index contributed by atoms with van der Waals surface area (Å²) in [4.78, 5) is 22.0. The number of anilines is 1. The van der Waals surface area contributed by atoms with E-state index in [0.717, 1.165) is 30.9 Å². The van der Waals surface area contributed by atoms with Gasteiger partial charge in [0.1, 0.15) is 17.7 Å². The van der Waals surface area contributed by atoms with E-state index >= 15 is 0 Å². The van der Waals surface area contributed by atoms with Crippen LogP contribution < -0.4 is 4.90 Å². The molecule has 2 heterocycles. The molecule has 1 saturated heterocycles. The number of piperidine rings is 1. The van der Waals surface area contributed by atoms with Crippen molar-refractivity contribution in [1.82, 2.24) is 9.97 Å². The molecule has 0 radical (unpaired) electrons. The van der Waals surface area contributed by atoms with Crippen molar-refractivity contribution < 1.29 is 9.90 Å². The van der Waals surface area contributed by atoms with E-state index < -0.39 is 11.5 Å². The fraction of sp³-hybridized carbons (Fsp3) is 0.643. The van der Waals surface area contributed by atoms with Crippen LogP contribution in [0.3, 0.4) is 0 Å². The Hall–Kier alpha value is -1.65. The Kier molecular flexibility index (Phi) is 3.73. The minimum Gasteiger partial charge on any atom is -0.480 e. The maximum Gasteiger partial charge on any atom is 0.329 e. The molecule has 0 aromatic carbocycles. The maximum atomic E-state index is 11.6. The molecule has 1 fully saturated rings. The van der Waals surface area contributed by atoms with Gasteiger partial charge in [0.05, 0.1) is 0 Å². The standard InChI is InChI=1S/C14H21N3O2/c1-10(2)11-8-12(16-9-15-11)17-7-5-4-6-14(17,3)13(18)19/h8-10H,4-7H2,1-3H3,(H,18,19). The predicted molar refractivity (Wildman–Crippen MR) is 73.4 cm³/mol. The van der Waals surface area contributed by atoms with Gasteiger partial charge in [0.25, 0.3) is 0 Å². The highest BCUT2D eigenvalue weighted by Gasteiger charge is 2.42. The van der Waals surface area contributed by atoms with E-state index in [1.54, 1.807) is 6.92 Å². The quantitative estimate of drug-likeness (QED) is 0.907. The Labute approximate surface area is 113 Å². The molecular formula is C14H21N3O2. The van der Waals surface area contributed by atoms with Crippen LogP contribution in [0.2, 0.25) is 0 Å². The van der Waals surface area contributed by atoms with Gasteiger partial charge >= 0.3 is 5.97 Å². The Balaban J connectivity index is 2.38. The summed E-state index contributed by atoms with van der Waals surface area (Å²) in [6, 6.07) is 1.91. The van der Waals surface area contributed by atoms with Crippen LogP contribution in [0.4, 0.5) is 5.82 Å². The van der Waals surface area contributed by atoms with Crippen molar-refractivity contribution in [1.29, 1.82) is 0 Å². The Morgan fingerprint density at radius 2 is 2.16 bits per heavy atom. The van der Waals surface area contributed by atoms with Crippen LogP contribution in [0.15, 0.2) is 12.4 Å². The molecule has 2 rings (SSSR count). The monoisotopic (exact) mass is 263 g/mol. The third kappa shape index (κ3) is 2.55. The van der Waals surface area contributed by atoms with Gasteiger partial charge in [0.2, 0.25) is 0 Å². The van der Waals surface area contributed by atoms with Crippen molar-refractivity contribution in [3.05, 3.63) is 18.1 Å². The van der Waals surface area contributed by atoms with Gasteiger partial charge in [0.15, 0.2) is 0 Å². The minimum absolute atomic E-state index is 0.308. The summed E-state index contributed by atoms with van der Waals surface area (Å²) in [6.45, 7) is 6.65. The van der Waals surface area contributed by atoms with Crippen molar-refractivity contribution in [2.45, 2.75) is 51.5 Å². The lowest BCUT2D eigenvalue weighted by atomic mass is 9.88. The average Bonchev–Trinajstić information content (AvgIpc) is 2.39. The molecule has 5 heteroatoms. The molecule has 1 aromatic rings. The molecule has 1 atom stereocenters. The number of rotatable bonds is 3. The number of carboxylic acid groups (broad SMARTS) is 1. The number of hydrogen-bond acceptors (Lipinski definition) is 4. The van der Waals surface area contributed by atoms with Gasteiger partial charge in [-0.2, -0.15) is 0 Å².